The minimum atomic E-state index is -1.32. The molecule has 26 heavy (non-hydrogen) atoms. The number of nitrogens with one attached hydrogen (secondary N) is 1. The van der Waals surface area contributed by atoms with Crippen LogP contribution in [0.3, 0.4) is 0 Å². The number of carbonyl (C=O) groups is 1. The highest BCUT2D eigenvalue weighted by Gasteiger charge is 2.21. The van der Waals surface area contributed by atoms with Gasteiger partial charge in [0.05, 0.1) is 8.07 Å². The monoisotopic (exact) mass is 382 g/mol. The van der Waals surface area contributed by atoms with Crippen molar-refractivity contribution in [1.29, 1.82) is 0 Å². The van der Waals surface area contributed by atoms with E-state index in [0.717, 1.165) is 41.9 Å². The molecule has 1 N–H and O–H groups in total. The number of hydrogen-bond donors (Lipinski definition) is 1. The molecule has 3 nitrogen and oxygen atoms in total. The quantitative estimate of drug-likeness (QED) is 0.622. The number of benzene rings is 1. The Bertz CT molecular complexity index is 835. The van der Waals surface area contributed by atoms with Gasteiger partial charge in [-0.3, -0.25) is 4.79 Å². The topological polar surface area (TPSA) is 42.0 Å². The molecule has 0 aliphatic heterocycles. The summed E-state index contributed by atoms with van der Waals surface area (Å²) in [5.41, 5.74) is 1.73. The largest absolute Gasteiger partial charge is 0.326 e. The molecule has 1 amide bonds. The highest BCUT2D eigenvalue weighted by Crippen LogP contribution is 2.25. The highest BCUT2D eigenvalue weighted by molar-refractivity contribution is 7.26. The van der Waals surface area contributed by atoms with Gasteiger partial charge in [0.1, 0.15) is 0 Å². The minimum absolute atomic E-state index is 0.148. The third kappa shape index (κ3) is 5.06. The number of aromatic nitrogens is 1. The molecule has 1 aromatic heterocycles. The summed E-state index contributed by atoms with van der Waals surface area (Å²) in [6.07, 6.45) is 7.57. The van der Waals surface area contributed by atoms with Crippen LogP contribution >= 0.6 is 11.3 Å². The standard InChI is InChI=1S/C21H26N2OSSi/c1-26(2,3)20-15-22-19(25-20)13-12-16-8-7-11-18(14-16)23-21(24)17-9-5-4-6-10-17/h7-8,11,14-15,17H,4-6,9-10H2,1-3H3,(H,23,24). The molecule has 0 spiro atoms. The van der Waals surface area contributed by atoms with E-state index in [1.807, 2.05) is 30.5 Å². The zero-order valence-electron chi connectivity index (χ0n) is 15.8. The van der Waals surface area contributed by atoms with E-state index < -0.39 is 8.07 Å². The fourth-order valence-corrected chi connectivity index (χ4v) is 5.58. The Kier molecular flexibility index (Phi) is 5.95. The lowest BCUT2D eigenvalue weighted by molar-refractivity contribution is -0.120. The number of amides is 1. The van der Waals surface area contributed by atoms with E-state index >= 15 is 0 Å². The van der Waals surface area contributed by atoms with Crippen molar-refractivity contribution in [2.75, 3.05) is 5.32 Å². The zero-order chi connectivity index (χ0) is 18.6. The van der Waals surface area contributed by atoms with Crippen LogP contribution in [-0.4, -0.2) is 19.0 Å². The van der Waals surface area contributed by atoms with E-state index in [2.05, 4.69) is 41.8 Å². The second kappa shape index (κ2) is 8.19. The summed E-state index contributed by atoms with van der Waals surface area (Å²) < 4.78 is 1.37. The van der Waals surface area contributed by atoms with E-state index in [1.165, 1.54) is 10.9 Å². The molecular formula is C21H26N2OSSi. The first-order valence-corrected chi connectivity index (χ1v) is 13.6. The van der Waals surface area contributed by atoms with Crippen molar-refractivity contribution in [3.05, 3.63) is 41.0 Å². The Balaban J connectivity index is 1.68. The van der Waals surface area contributed by atoms with Gasteiger partial charge in [-0.1, -0.05) is 50.9 Å². The van der Waals surface area contributed by atoms with Gasteiger partial charge in [0, 0.05) is 27.9 Å². The van der Waals surface area contributed by atoms with Crippen LogP contribution in [0, 0.1) is 17.8 Å². The average Bonchev–Trinajstić information content (AvgIpc) is 3.10. The van der Waals surface area contributed by atoms with Crippen LogP contribution in [0.4, 0.5) is 5.69 Å². The summed E-state index contributed by atoms with van der Waals surface area (Å²) in [6, 6.07) is 7.78. The van der Waals surface area contributed by atoms with Crippen molar-refractivity contribution in [2.24, 2.45) is 5.92 Å². The van der Waals surface area contributed by atoms with Crippen LogP contribution in [0.1, 0.15) is 42.7 Å². The smallest absolute Gasteiger partial charge is 0.227 e. The molecule has 1 aliphatic carbocycles. The normalized spacial score (nSPS) is 15.2. The molecule has 1 saturated carbocycles. The third-order valence-corrected chi connectivity index (χ3v) is 9.14. The lowest BCUT2D eigenvalue weighted by Gasteiger charge is -2.20. The first-order chi connectivity index (χ1) is 12.4. The fraction of sp³-hybridized carbons (Fsp3) is 0.429. The van der Waals surface area contributed by atoms with E-state index in [1.54, 1.807) is 11.3 Å². The first-order valence-electron chi connectivity index (χ1n) is 9.31. The summed E-state index contributed by atoms with van der Waals surface area (Å²) in [5, 5.41) is 3.92. The molecule has 3 rings (SSSR count). The minimum Gasteiger partial charge on any atom is -0.326 e. The van der Waals surface area contributed by atoms with Crippen molar-refractivity contribution in [3.63, 3.8) is 0 Å². The number of hydrogen-bond acceptors (Lipinski definition) is 3. The van der Waals surface area contributed by atoms with Crippen LogP contribution < -0.4 is 9.82 Å². The van der Waals surface area contributed by atoms with E-state index in [9.17, 15) is 4.79 Å². The summed E-state index contributed by atoms with van der Waals surface area (Å²) in [7, 11) is -1.32. The maximum atomic E-state index is 12.4. The molecule has 1 heterocycles. The van der Waals surface area contributed by atoms with Gasteiger partial charge in [-0.2, -0.15) is 0 Å². The van der Waals surface area contributed by atoms with Crippen molar-refractivity contribution in [1.82, 2.24) is 4.98 Å². The molecule has 1 aliphatic rings. The summed E-state index contributed by atoms with van der Waals surface area (Å²) in [6.45, 7) is 6.95. The third-order valence-electron chi connectivity index (χ3n) is 4.66. The molecular weight excluding hydrogens is 356 g/mol. The molecule has 5 heteroatoms. The van der Waals surface area contributed by atoms with E-state index in [4.69, 9.17) is 0 Å². The van der Waals surface area contributed by atoms with Gasteiger partial charge in [-0.15, -0.1) is 11.3 Å². The van der Waals surface area contributed by atoms with Crippen molar-refractivity contribution in [3.8, 4) is 11.8 Å². The van der Waals surface area contributed by atoms with Gasteiger partial charge >= 0.3 is 0 Å². The summed E-state index contributed by atoms with van der Waals surface area (Å²) in [4.78, 5) is 16.8. The van der Waals surface area contributed by atoms with Crippen LogP contribution in [0.25, 0.3) is 0 Å². The lowest BCUT2D eigenvalue weighted by Crippen LogP contribution is -2.34. The molecule has 0 radical (unpaired) electrons. The van der Waals surface area contributed by atoms with Gasteiger partial charge in [0.15, 0.2) is 5.01 Å². The van der Waals surface area contributed by atoms with E-state index in [-0.39, 0.29) is 11.8 Å². The number of nitrogens with zero attached hydrogens (tertiary/aromatic N) is 1. The highest BCUT2D eigenvalue weighted by atomic mass is 32.1. The summed E-state index contributed by atoms with van der Waals surface area (Å²) in [5.74, 6) is 6.65. The summed E-state index contributed by atoms with van der Waals surface area (Å²) >= 11 is 1.70. The SMILES string of the molecule is C[Si](C)(C)c1cnc(C#Cc2cccc(NC(=O)C3CCCCC3)c2)s1. The maximum absolute atomic E-state index is 12.4. The Hall–Kier alpha value is -1.90. The Morgan fingerprint density at radius 3 is 2.65 bits per heavy atom. The predicted octanol–water partition coefficient (Wildman–Crippen LogP) is 4.61. The lowest BCUT2D eigenvalue weighted by atomic mass is 9.88. The Morgan fingerprint density at radius 1 is 1.19 bits per heavy atom. The van der Waals surface area contributed by atoms with Crippen LogP contribution in [-0.2, 0) is 4.79 Å². The van der Waals surface area contributed by atoms with Crippen LogP contribution in [0.5, 0.6) is 0 Å². The van der Waals surface area contributed by atoms with E-state index in [0.29, 0.717) is 0 Å². The molecule has 2 aromatic rings. The van der Waals surface area contributed by atoms with Gasteiger partial charge in [-0.25, -0.2) is 4.98 Å². The molecule has 0 atom stereocenters. The number of anilines is 1. The Morgan fingerprint density at radius 2 is 1.96 bits per heavy atom. The average molecular weight is 383 g/mol. The van der Waals surface area contributed by atoms with Crippen LogP contribution in [0.2, 0.25) is 19.6 Å². The maximum Gasteiger partial charge on any atom is 0.227 e. The zero-order valence-corrected chi connectivity index (χ0v) is 17.6. The van der Waals surface area contributed by atoms with Gasteiger partial charge in [0.2, 0.25) is 5.91 Å². The van der Waals surface area contributed by atoms with Gasteiger partial charge < -0.3 is 5.32 Å². The number of carbonyl (C=O) groups excluding carboxylic acids is 1. The van der Waals surface area contributed by atoms with Crippen LogP contribution in [0.15, 0.2) is 30.5 Å². The molecule has 136 valence electrons. The number of thiazole rings is 1. The van der Waals surface area contributed by atoms with Crippen molar-refractivity contribution in [2.45, 2.75) is 51.7 Å². The first kappa shape index (κ1) is 18.9. The fourth-order valence-electron chi connectivity index (χ4n) is 3.09. The Labute approximate surface area is 161 Å². The van der Waals surface area contributed by atoms with Gasteiger partial charge in [0.25, 0.3) is 0 Å². The van der Waals surface area contributed by atoms with Gasteiger partial charge in [-0.05, 0) is 37.0 Å². The second-order valence-corrected chi connectivity index (χ2v) is 14.4. The van der Waals surface area contributed by atoms with Crippen molar-refractivity contribution >= 4 is 35.5 Å². The number of rotatable bonds is 3. The molecule has 0 unspecified atom stereocenters. The molecule has 0 bridgehead atoms. The van der Waals surface area contributed by atoms with Crippen molar-refractivity contribution < 1.29 is 4.79 Å². The molecule has 0 saturated heterocycles. The predicted molar refractivity (Wildman–Crippen MR) is 113 cm³/mol. The molecule has 1 fully saturated rings. The second-order valence-electron chi connectivity index (χ2n) is 7.93. The molecule has 1 aromatic carbocycles.